The van der Waals surface area contributed by atoms with Crippen LogP contribution in [0.3, 0.4) is 0 Å². The van der Waals surface area contributed by atoms with E-state index >= 15 is 0 Å². The molecule has 1 heterocycles. The Balaban J connectivity index is 1.74. The van der Waals surface area contributed by atoms with Gasteiger partial charge in [0.05, 0.1) is 0 Å². The molecule has 1 aliphatic heterocycles. The van der Waals surface area contributed by atoms with Gasteiger partial charge in [-0.3, -0.25) is 4.90 Å². The number of thioether (sulfide) groups is 1. The zero-order valence-electron chi connectivity index (χ0n) is 12.0. The van der Waals surface area contributed by atoms with E-state index in [4.69, 9.17) is 9.84 Å². The Bertz CT molecular complexity index is 465. The fraction of sp³-hybridized carbons (Fsp3) is 0.438. The normalized spacial score (nSPS) is 16.8. The summed E-state index contributed by atoms with van der Waals surface area (Å²) in [4.78, 5) is 12.9. The van der Waals surface area contributed by atoms with Crippen molar-refractivity contribution >= 4 is 23.8 Å². The number of rotatable bonds is 6. The lowest BCUT2D eigenvalue weighted by atomic mass is 10.2. The number of carboxylic acids is 1. The summed E-state index contributed by atoms with van der Waals surface area (Å²) in [5, 5.41) is 8.57. The third-order valence-electron chi connectivity index (χ3n) is 3.29. The zero-order chi connectivity index (χ0) is 14.9. The van der Waals surface area contributed by atoms with Gasteiger partial charge in [0.25, 0.3) is 0 Å². The van der Waals surface area contributed by atoms with Gasteiger partial charge in [0.2, 0.25) is 0 Å². The Hall–Kier alpha value is -1.46. The Morgan fingerprint density at radius 2 is 2.10 bits per heavy atom. The van der Waals surface area contributed by atoms with Gasteiger partial charge in [0, 0.05) is 24.9 Å². The van der Waals surface area contributed by atoms with Crippen molar-refractivity contribution in [1.29, 1.82) is 0 Å². The quantitative estimate of drug-likeness (QED) is 0.819. The van der Waals surface area contributed by atoms with Gasteiger partial charge in [0.1, 0.15) is 12.4 Å². The predicted molar refractivity (Wildman–Crippen MR) is 87.0 cm³/mol. The van der Waals surface area contributed by atoms with E-state index in [1.54, 1.807) is 6.08 Å². The van der Waals surface area contributed by atoms with Crippen LogP contribution in [0.5, 0.6) is 5.75 Å². The van der Waals surface area contributed by atoms with Gasteiger partial charge in [-0.2, -0.15) is 11.8 Å². The summed E-state index contributed by atoms with van der Waals surface area (Å²) in [6.45, 7) is 3.96. The maximum absolute atomic E-state index is 10.4. The Morgan fingerprint density at radius 1 is 1.29 bits per heavy atom. The zero-order valence-corrected chi connectivity index (χ0v) is 12.8. The number of hydrogen-bond donors (Lipinski definition) is 1. The molecule has 1 N–H and O–H groups in total. The van der Waals surface area contributed by atoms with Crippen LogP contribution in [0.2, 0.25) is 0 Å². The first-order valence-electron chi connectivity index (χ1n) is 7.18. The lowest BCUT2D eigenvalue weighted by Crippen LogP contribution is -2.30. The van der Waals surface area contributed by atoms with Crippen LogP contribution < -0.4 is 4.74 Å². The number of carbonyl (C=O) groups is 1. The molecule has 5 heteroatoms. The summed E-state index contributed by atoms with van der Waals surface area (Å²) in [7, 11) is 0. The summed E-state index contributed by atoms with van der Waals surface area (Å²) in [6, 6.07) is 7.47. The van der Waals surface area contributed by atoms with Gasteiger partial charge in [-0.25, -0.2) is 4.79 Å². The summed E-state index contributed by atoms with van der Waals surface area (Å²) in [5.74, 6) is 2.37. The van der Waals surface area contributed by atoms with Gasteiger partial charge in [-0.1, -0.05) is 12.1 Å². The minimum absolute atomic E-state index is 0.689. The Labute approximate surface area is 129 Å². The molecule has 1 fully saturated rings. The van der Waals surface area contributed by atoms with E-state index in [0.29, 0.717) is 6.61 Å². The minimum atomic E-state index is -0.939. The van der Waals surface area contributed by atoms with Gasteiger partial charge in [-0.15, -0.1) is 0 Å². The monoisotopic (exact) mass is 307 g/mol. The fourth-order valence-electron chi connectivity index (χ4n) is 2.16. The van der Waals surface area contributed by atoms with Gasteiger partial charge in [0.15, 0.2) is 0 Å². The second-order valence-corrected chi connectivity index (χ2v) is 6.12. The molecule has 1 aromatic rings. The third kappa shape index (κ3) is 6.23. The van der Waals surface area contributed by atoms with Crippen molar-refractivity contribution in [2.75, 3.05) is 37.7 Å². The standard InChI is InChI=1S/C16H21NO3S/c18-16(19)7-4-14-2-5-15(6-3-14)20-11-9-17-8-1-12-21-13-10-17/h2-7H,1,8-13H2,(H,18,19). The number of hydrogen-bond acceptors (Lipinski definition) is 4. The average Bonchev–Trinajstić information content (AvgIpc) is 2.75. The van der Waals surface area contributed by atoms with E-state index in [1.165, 1.54) is 17.9 Å². The van der Waals surface area contributed by atoms with Crippen LogP contribution in [0.1, 0.15) is 12.0 Å². The molecule has 114 valence electrons. The molecule has 4 nitrogen and oxygen atoms in total. The maximum Gasteiger partial charge on any atom is 0.328 e. The molecule has 0 saturated carbocycles. The second-order valence-electron chi connectivity index (χ2n) is 4.90. The summed E-state index contributed by atoms with van der Waals surface area (Å²) >= 11 is 2.03. The molecule has 1 aliphatic rings. The lowest BCUT2D eigenvalue weighted by molar-refractivity contribution is -0.131. The van der Waals surface area contributed by atoms with Crippen LogP contribution in [-0.2, 0) is 4.79 Å². The highest BCUT2D eigenvalue weighted by atomic mass is 32.2. The maximum atomic E-state index is 10.4. The molecule has 2 rings (SSSR count). The number of aliphatic carboxylic acids is 1. The lowest BCUT2D eigenvalue weighted by Gasteiger charge is -2.19. The minimum Gasteiger partial charge on any atom is -0.492 e. The van der Waals surface area contributed by atoms with Gasteiger partial charge in [-0.05, 0) is 42.5 Å². The van der Waals surface area contributed by atoms with E-state index in [1.807, 2.05) is 36.0 Å². The molecule has 0 atom stereocenters. The van der Waals surface area contributed by atoms with Crippen LogP contribution in [0.25, 0.3) is 6.08 Å². The summed E-state index contributed by atoms with van der Waals surface area (Å²) < 4.78 is 5.74. The fourth-order valence-corrected chi connectivity index (χ4v) is 3.08. The number of ether oxygens (including phenoxy) is 1. The molecule has 0 radical (unpaired) electrons. The molecule has 0 unspecified atom stereocenters. The van der Waals surface area contributed by atoms with Crippen molar-refractivity contribution in [3.05, 3.63) is 35.9 Å². The van der Waals surface area contributed by atoms with Crippen LogP contribution in [0.15, 0.2) is 30.3 Å². The van der Waals surface area contributed by atoms with Crippen LogP contribution in [-0.4, -0.2) is 53.7 Å². The number of carboxylic acid groups (broad SMARTS) is 1. The molecule has 0 aromatic heterocycles. The molecular formula is C16H21NO3S. The topological polar surface area (TPSA) is 49.8 Å². The highest BCUT2D eigenvalue weighted by Gasteiger charge is 2.08. The van der Waals surface area contributed by atoms with Gasteiger partial charge >= 0.3 is 5.97 Å². The first kappa shape index (κ1) is 15.9. The van der Waals surface area contributed by atoms with Crippen molar-refractivity contribution in [1.82, 2.24) is 4.90 Å². The van der Waals surface area contributed by atoms with E-state index in [9.17, 15) is 4.79 Å². The third-order valence-corrected chi connectivity index (χ3v) is 4.34. The van der Waals surface area contributed by atoms with Crippen LogP contribution >= 0.6 is 11.8 Å². The van der Waals surface area contributed by atoms with E-state index in [-0.39, 0.29) is 0 Å². The van der Waals surface area contributed by atoms with Crippen molar-refractivity contribution in [3.63, 3.8) is 0 Å². The summed E-state index contributed by atoms with van der Waals surface area (Å²) in [5.41, 5.74) is 0.856. The SMILES string of the molecule is O=C(O)C=Cc1ccc(OCCN2CCCSCC2)cc1. The molecule has 0 bridgehead atoms. The molecule has 0 aliphatic carbocycles. The van der Waals surface area contributed by atoms with E-state index in [2.05, 4.69) is 4.90 Å². The van der Waals surface area contributed by atoms with Crippen LogP contribution in [0, 0.1) is 0 Å². The highest BCUT2D eigenvalue weighted by Crippen LogP contribution is 2.14. The molecule has 1 aromatic carbocycles. The largest absolute Gasteiger partial charge is 0.492 e. The summed E-state index contributed by atoms with van der Waals surface area (Å²) in [6.07, 6.45) is 3.96. The number of nitrogens with zero attached hydrogens (tertiary/aromatic N) is 1. The average molecular weight is 307 g/mol. The second kappa shape index (κ2) is 8.74. The van der Waals surface area contributed by atoms with Crippen molar-refractivity contribution in [2.45, 2.75) is 6.42 Å². The van der Waals surface area contributed by atoms with E-state index in [0.717, 1.165) is 37.0 Å². The molecule has 1 saturated heterocycles. The molecular weight excluding hydrogens is 286 g/mol. The van der Waals surface area contributed by atoms with Crippen molar-refractivity contribution in [3.8, 4) is 5.75 Å². The Kier molecular flexibility index (Phi) is 6.63. The van der Waals surface area contributed by atoms with Gasteiger partial charge < -0.3 is 9.84 Å². The van der Waals surface area contributed by atoms with Crippen molar-refractivity contribution in [2.24, 2.45) is 0 Å². The predicted octanol–water partition coefficient (Wildman–Crippen LogP) is 2.60. The Morgan fingerprint density at radius 3 is 2.86 bits per heavy atom. The highest BCUT2D eigenvalue weighted by molar-refractivity contribution is 7.99. The van der Waals surface area contributed by atoms with E-state index < -0.39 is 5.97 Å². The number of benzene rings is 1. The van der Waals surface area contributed by atoms with Crippen LogP contribution in [0.4, 0.5) is 0 Å². The first-order valence-corrected chi connectivity index (χ1v) is 8.33. The molecule has 21 heavy (non-hydrogen) atoms. The first-order chi connectivity index (χ1) is 10.2. The smallest absolute Gasteiger partial charge is 0.328 e. The molecule has 0 spiro atoms. The molecule has 0 amide bonds. The van der Waals surface area contributed by atoms with Crippen molar-refractivity contribution < 1.29 is 14.6 Å².